The smallest absolute Gasteiger partial charge is 0.224 e. The van der Waals surface area contributed by atoms with Gasteiger partial charge in [0.2, 0.25) is 11.8 Å². The van der Waals surface area contributed by atoms with Gasteiger partial charge in [-0.05, 0) is 25.5 Å². The van der Waals surface area contributed by atoms with Crippen LogP contribution in [0, 0.1) is 13.8 Å². The van der Waals surface area contributed by atoms with Crippen LogP contribution in [0.3, 0.4) is 0 Å². The van der Waals surface area contributed by atoms with Crippen molar-refractivity contribution in [1.29, 1.82) is 0 Å². The van der Waals surface area contributed by atoms with Crippen molar-refractivity contribution in [2.24, 2.45) is 0 Å². The third-order valence-electron chi connectivity index (χ3n) is 5.26. The summed E-state index contributed by atoms with van der Waals surface area (Å²) in [5, 5.41) is 0. The third-order valence-corrected chi connectivity index (χ3v) is 5.26. The number of hydrogen-bond donors (Lipinski definition) is 0. The number of ether oxygens (including phenoxy) is 2. The normalized spacial score (nSPS) is 19.0. The maximum Gasteiger partial charge on any atom is 0.224 e. The fourth-order valence-electron chi connectivity index (χ4n) is 3.80. The van der Waals surface area contributed by atoms with E-state index in [9.17, 15) is 9.59 Å². The molecular weight excluding hydrogens is 332 g/mol. The van der Waals surface area contributed by atoms with Crippen LogP contribution in [0.25, 0.3) is 0 Å². The van der Waals surface area contributed by atoms with E-state index in [-0.39, 0.29) is 11.8 Å². The summed E-state index contributed by atoms with van der Waals surface area (Å²) in [7, 11) is 0. The summed E-state index contributed by atoms with van der Waals surface area (Å²) < 4.78 is 11.4. The third kappa shape index (κ3) is 4.07. The zero-order valence-corrected chi connectivity index (χ0v) is 15.9. The lowest BCUT2D eigenvalue weighted by atomic mass is 10.0. The van der Waals surface area contributed by atoms with Crippen molar-refractivity contribution in [1.82, 2.24) is 4.90 Å². The number of carbonyl (C=O) groups is 2. The fraction of sp³-hybridized carbons (Fsp3) is 0.600. The first-order valence-electron chi connectivity index (χ1n) is 9.31. The molecule has 0 saturated carbocycles. The first-order chi connectivity index (χ1) is 12.4. The van der Waals surface area contributed by atoms with Gasteiger partial charge in [-0.15, -0.1) is 0 Å². The Labute approximate surface area is 155 Å². The van der Waals surface area contributed by atoms with E-state index in [4.69, 9.17) is 9.47 Å². The number of piperidine rings is 1. The van der Waals surface area contributed by atoms with Crippen LogP contribution in [0.5, 0.6) is 0 Å². The number of aryl methyl sites for hydroxylation is 2. The molecular formula is C20H28N2O4. The molecule has 3 rings (SSSR count). The van der Waals surface area contributed by atoms with Gasteiger partial charge < -0.3 is 19.3 Å². The maximum absolute atomic E-state index is 12.6. The van der Waals surface area contributed by atoms with Crippen LogP contribution in [0.1, 0.15) is 37.3 Å². The Morgan fingerprint density at radius 1 is 1.15 bits per heavy atom. The Morgan fingerprint density at radius 2 is 1.81 bits per heavy atom. The van der Waals surface area contributed by atoms with Crippen LogP contribution < -0.4 is 4.90 Å². The molecule has 1 spiro atoms. The first kappa shape index (κ1) is 18.9. The van der Waals surface area contributed by atoms with E-state index in [0.717, 1.165) is 16.8 Å². The van der Waals surface area contributed by atoms with Gasteiger partial charge in [-0.2, -0.15) is 0 Å². The van der Waals surface area contributed by atoms with Gasteiger partial charge in [0, 0.05) is 51.5 Å². The molecule has 2 saturated heterocycles. The van der Waals surface area contributed by atoms with Crippen molar-refractivity contribution in [3.8, 4) is 0 Å². The predicted molar refractivity (Wildman–Crippen MR) is 99.0 cm³/mol. The zero-order valence-electron chi connectivity index (χ0n) is 15.9. The Hall–Kier alpha value is -1.92. The molecule has 0 atom stereocenters. The average molecular weight is 360 g/mol. The predicted octanol–water partition coefficient (Wildman–Crippen LogP) is 2.41. The lowest BCUT2D eigenvalue weighted by Gasteiger charge is -2.37. The van der Waals surface area contributed by atoms with E-state index in [0.29, 0.717) is 52.1 Å². The van der Waals surface area contributed by atoms with E-state index >= 15 is 0 Å². The molecule has 2 aliphatic rings. The largest absolute Gasteiger partial charge is 0.347 e. The van der Waals surface area contributed by atoms with Gasteiger partial charge >= 0.3 is 0 Å². The standard InChI is InChI=1S/C20H28N2O4/c1-15-4-5-18(16(2)14-15)22(17(3)23)9-6-19(24)21-10-7-20(8-11-21)25-12-13-26-20/h4-5,14H,6-13H2,1-3H3. The summed E-state index contributed by atoms with van der Waals surface area (Å²) in [6.45, 7) is 8.51. The molecule has 0 aromatic heterocycles. The van der Waals surface area contributed by atoms with Gasteiger partial charge in [0.05, 0.1) is 13.2 Å². The van der Waals surface area contributed by atoms with Crippen LogP contribution >= 0.6 is 0 Å². The van der Waals surface area contributed by atoms with Gasteiger partial charge in [-0.3, -0.25) is 9.59 Å². The number of carbonyl (C=O) groups excluding carboxylic acids is 2. The van der Waals surface area contributed by atoms with E-state index in [2.05, 4.69) is 6.07 Å². The summed E-state index contributed by atoms with van der Waals surface area (Å²) >= 11 is 0. The highest BCUT2D eigenvalue weighted by atomic mass is 16.7. The van der Waals surface area contributed by atoms with E-state index in [1.165, 1.54) is 0 Å². The van der Waals surface area contributed by atoms with Gasteiger partial charge in [0.15, 0.2) is 5.79 Å². The monoisotopic (exact) mass is 360 g/mol. The second-order valence-corrected chi connectivity index (χ2v) is 7.20. The number of anilines is 1. The molecule has 0 aliphatic carbocycles. The van der Waals surface area contributed by atoms with Crippen LogP contribution in [-0.2, 0) is 19.1 Å². The number of amides is 2. The van der Waals surface area contributed by atoms with Crippen LogP contribution in [0.4, 0.5) is 5.69 Å². The van der Waals surface area contributed by atoms with Crippen LogP contribution in [0.2, 0.25) is 0 Å². The van der Waals surface area contributed by atoms with Crippen LogP contribution in [0.15, 0.2) is 18.2 Å². The zero-order chi connectivity index (χ0) is 18.7. The summed E-state index contributed by atoms with van der Waals surface area (Å²) in [6, 6.07) is 6.00. The average Bonchev–Trinajstić information content (AvgIpc) is 3.05. The molecule has 0 unspecified atom stereocenters. The lowest BCUT2D eigenvalue weighted by Crippen LogP contribution is -2.48. The Balaban J connectivity index is 1.57. The van der Waals surface area contributed by atoms with Gasteiger partial charge in [-0.25, -0.2) is 0 Å². The topological polar surface area (TPSA) is 59.1 Å². The van der Waals surface area contributed by atoms with Gasteiger partial charge in [0.25, 0.3) is 0 Å². The molecule has 142 valence electrons. The number of hydrogen-bond acceptors (Lipinski definition) is 4. The summed E-state index contributed by atoms with van der Waals surface area (Å²) in [6.07, 6.45) is 1.75. The number of rotatable bonds is 4. The fourth-order valence-corrected chi connectivity index (χ4v) is 3.80. The Bertz CT molecular complexity index is 672. The molecule has 2 amide bonds. The van der Waals surface area contributed by atoms with E-state index < -0.39 is 5.79 Å². The quantitative estimate of drug-likeness (QED) is 0.827. The highest BCUT2D eigenvalue weighted by Crippen LogP contribution is 2.31. The van der Waals surface area contributed by atoms with Crippen molar-refractivity contribution in [2.75, 3.05) is 37.7 Å². The molecule has 0 bridgehead atoms. The second kappa shape index (κ2) is 7.76. The number of nitrogens with zero attached hydrogens (tertiary/aromatic N) is 2. The Kier molecular flexibility index (Phi) is 5.63. The highest BCUT2D eigenvalue weighted by molar-refractivity contribution is 5.93. The SMILES string of the molecule is CC(=O)N(CCC(=O)N1CCC2(CC1)OCCO2)c1ccc(C)cc1C. The number of likely N-dealkylation sites (tertiary alicyclic amines) is 1. The first-order valence-corrected chi connectivity index (χ1v) is 9.31. The van der Waals surface area contributed by atoms with Crippen LogP contribution in [-0.4, -0.2) is 55.3 Å². The van der Waals surface area contributed by atoms with Crippen molar-refractivity contribution >= 4 is 17.5 Å². The van der Waals surface area contributed by atoms with E-state index in [1.807, 2.05) is 30.9 Å². The molecule has 2 heterocycles. The minimum Gasteiger partial charge on any atom is -0.347 e. The van der Waals surface area contributed by atoms with Crippen molar-refractivity contribution in [2.45, 2.75) is 45.8 Å². The molecule has 1 aromatic rings. The summed E-state index contributed by atoms with van der Waals surface area (Å²) in [5.41, 5.74) is 3.08. The van der Waals surface area contributed by atoms with E-state index in [1.54, 1.807) is 11.8 Å². The van der Waals surface area contributed by atoms with Crippen molar-refractivity contribution in [3.05, 3.63) is 29.3 Å². The molecule has 2 aliphatic heterocycles. The molecule has 2 fully saturated rings. The Morgan fingerprint density at radius 3 is 2.38 bits per heavy atom. The molecule has 6 heteroatoms. The molecule has 0 N–H and O–H groups in total. The highest BCUT2D eigenvalue weighted by Gasteiger charge is 2.40. The summed E-state index contributed by atoms with van der Waals surface area (Å²) in [5.74, 6) is -0.440. The maximum atomic E-state index is 12.6. The van der Waals surface area contributed by atoms with Gasteiger partial charge in [-0.1, -0.05) is 17.7 Å². The summed E-state index contributed by atoms with van der Waals surface area (Å²) in [4.78, 5) is 28.3. The number of benzene rings is 1. The minimum atomic E-state index is -0.471. The molecule has 1 aromatic carbocycles. The molecule has 6 nitrogen and oxygen atoms in total. The molecule has 26 heavy (non-hydrogen) atoms. The minimum absolute atomic E-state index is 0.0462. The molecule has 0 radical (unpaired) electrons. The van der Waals surface area contributed by atoms with Crippen molar-refractivity contribution < 1.29 is 19.1 Å². The van der Waals surface area contributed by atoms with Gasteiger partial charge in [0.1, 0.15) is 0 Å². The van der Waals surface area contributed by atoms with Crippen molar-refractivity contribution in [3.63, 3.8) is 0 Å². The lowest BCUT2D eigenvalue weighted by molar-refractivity contribution is -0.187. The second-order valence-electron chi connectivity index (χ2n) is 7.20.